The second kappa shape index (κ2) is 10.2. The molecule has 4 rings (SSSR count). The number of carbonyl (C=O) groups is 1. The fourth-order valence-corrected chi connectivity index (χ4v) is 5.13. The van der Waals surface area contributed by atoms with Crippen LogP contribution in [0.2, 0.25) is 0 Å². The molecule has 1 N–H and O–H groups in total. The molecule has 0 saturated heterocycles. The topological polar surface area (TPSA) is 91.2 Å². The van der Waals surface area contributed by atoms with E-state index in [4.69, 9.17) is 9.47 Å². The summed E-state index contributed by atoms with van der Waals surface area (Å²) in [5, 5.41) is 12.8. The van der Waals surface area contributed by atoms with Gasteiger partial charge in [0.05, 0.1) is 23.1 Å². The highest BCUT2D eigenvalue weighted by Crippen LogP contribution is 2.29. The summed E-state index contributed by atoms with van der Waals surface area (Å²) in [7, 11) is 1.62. The Kier molecular flexibility index (Phi) is 7.14. The number of hydrogen-bond donors (Lipinski definition) is 1. The summed E-state index contributed by atoms with van der Waals surface area (Å²) in [6.45, 7) is 6.61. The number of aromatic nitrogens is 4. The Bertz CT molecular complexity index is 1270. The zero-order chi connectivity index (χ0) is 23.4. The minimum Gasteiger partial charge on any atom is -0.497 e. The molecule has 0 radical (unpaired) electrons. The van der Waals surface area contributed by atoms with Crippen molar-refractivity contribution in [3.8, 4) is 11.5 Å². The van der Waals surface area contributed by atoms with Gasteiger partial charge in [0.25, 0.3) is 0 Å². The van der Waals surface area contributed by atoms with E-state index < -0.39 is 0 Å². The van der Waals surface area contributed by atoms with E-state index in [0.29, 0.717) is 28.4 Å². The van der Waals surface area contributed by atoms with Gasteiger partial charge < -0.3 is 19.4 Å². The van der Waals surface area contributed by atoms with Crippen molar-refractivity contribution in [3.63, 3.8) is 0 Å². The first-order valence-corrected chi connectivity index (χ1v) is 12.3. The van der Waals surface area contributed by atoms with Crippen molar-refractivity contribution >= 4 is 44.4 Å². The highest BCUT2D eigenvalue weighted by Gasteiger charge is 2.20. The van der Waals surface area contributed by atoms with Crippen LogP contribution in [-0.4, -0.2) is 38.5 Å². The maximum atomic E-state index is 12.5. The van der Waals surface area contributed by atoms with Crippen LogP contribution in [0.3, 0.4) is 0 Å². The number of nitrogens with one attached hydrogen (secondary N) is 1. The number of amides is 1. The lowest BCUT2D eigenvalue weighted by atomic mass is 10.2. The summed E-state index contributed by atoms with van der Waals surface area (Å²) in [6.07, 6.45) is -0.321. The van der Waals surface area contributed by atoms with E-state index >= 15 is 0 Å². The molecule has 0 spiro atoms. The van der Waals surface area contributed by atoms with Crippen molar-refractivity contribution in [2.24, 2.45) is 0 Å². The Hall–Kier alpha value is -3.11. The van der Waals surface area contributed by atoms with Crippen LogP contribution in [0.15, 0.2) is 47.6 Å². The standard InChI is InChI=1S/C23H25N5O3S2/c1-5-28-21(15(3)31-17-10-7-9-16(12-17)30-4)26-27-23(28)32-13-19(29)24-22-25-20-14(2)8-6-11-18(20)33-22/h6-12,15H,5,13H2,1-4H3,(H,24,25,29). The van der Waals surface area contributed by atoms with Gasteiger partial charge in [-0.15, -0.1) is 10.2 Å². The molecule has 0 aliphatic carbocycles. The van der Waals surface area contributed by atoms with Crippen molar-refractivity contribution in [1.29, 1.82) is 0 Å². The number of thiazole rings is 1. The van der Waals surface area contributed by atoms with Crippen molar-refractivity contribution < 1.29 is 14.3 Å². The Morgan fingerprint density at radius 1 is 1.21 bits per heavy atom. The molecule has 4 aromatic rings. The number of hydrogen-bond acceptors (Lipinski definition) is 8. The van der Waals surface area contributed by atoms with Gasteiger partial charge in [0.1, 0.15) is 11.5 Å². The van der Waals surface area contributed by atoms with E-state index in [9.17, 15) is 4.79 Å². The van der Waals surface area contributed by atoms with Gasteiger partial charge in [0, 0.05) is 12.6 Å². The molecule has 10 heteroatoms. The fraction of sp³-hybridized carbons (Fsp3) is 0.304. The fourth-order valence-electron chi connectivity index (χ4n) is 3.36. The molecule has 8 nitrogen and oxygen atoms in total. The quantitative estimate of drug-likeness (QED) is 0.331. The summed E-state index contributed by atoms with van der Waals surface area (Å²) >= 11 is 2.81. The van der Waals surface area contributed by atoms with Gasteiger partial charge in [-0.25, -0.2) is 4.98 Å². The second-order valence-electron chi connectivity index (χ2n) is 7.30. The van der Waals surface area contributed by atoms with Gasteiger partial charge >= 0.3 is 0 Å². The third-order valence-corrected chi connectivity index (χ3v) is 6.88. The lowest BCUT2D eigenvalue weighted by Gasteiger charge is -2.16. The Morgan fingerprint density at radius 3 is 2.76 bits per heavy atom. The molecular formula is C23H25N5O3S2. The van der Waals surface area contributed by atoms with Gasteiger partial charge in [0.15, 0.2) is 22.2 Å². The average molecular weight is 484 g/mol. The number of thioether (sulfide) groups is 1. The molecule has 172 valence electrons. The molecule has 0 bridgehead atoms. The first-order valence-electron chi connectivity index (χ1n) is 10.5. The second-order valence-corrected chi connectivity index (χ2v) is 9.27. The molecule has 2 heterocycles. The van der Waals surface area contributed by atoms with Crippen LogP contribution >= 0.6 is 23.1 Å². The summed E-state index contributed by atoms with van der Waals surface area (Å²) in [4.78, 5) is 17.1. The number of methoxy groups -OCH3 is 1. The average Bonchev–Trinajstić information content (AvgIpc) is 3.42. The van der Waals surface area contributed by atoms with E-state index in [1.165, 1.54) is 23.1 Å². The van der Waals surface area contributed by atoms with Crippen molar-refractivity contribution in [2.45, 2.75) is 38.6 Å². The molecule has 1 atom stereocenters. The van der Waals surface area contributed by atoms with Gasteiger partial charge in [-0.1, -0.05) is 41.3 Å². The minimum atomic E-state index is -0.321. The van der Waals surface area contributed by atoms with Gasteiger partial charge in [0.2, 0.25) is 5.91 Å². The number of nitrogens with zero attached hydrogens (tertiary/aromatic N) is 4. The van der Waals surface area contributed by atoms with E-state index in [0.717, 1.165) is 21.5 Å². The van der Waals surface area contributed by atoms with Crippen LogP contribution in [0.25, 0.3) is 10.2 Å². The summed E-state index contributed by atoms with van der Waals surface area (Å²) in [5.41, 5.74) is 2.01. The predicted molar refractivity (Wildman–Crippen MR) is 131 cm³/mol. The first-order chi connectivity index (χ1) is 16.0. The maximum Gasteiger partial charge on any atom is 0.236 e. The lowest BCUT2D eigenvalue weighted by Crippen LogP contribution is -2.15. The Morgan fingerprint density at radius 2 is 2.00 bits per heavy atom. The van der Waals surface area contributed by atoms with Crippen LogP contribution in [0.4, 0.5) is 5.13 Å². The number of aryl methyl sites for hydroxylation is 1. The number of carbonyl (C=O) groups excluding carboxylic acids is 1. The molecule has 2 aromatic carbocycles. The van der Waals surface area contributed by atoms with E-state index in [2.05, 4.69) is 20.5 Å². The van der Waals surface area contributed by atoms with E-state index in [1.54, 1.807) is 7.11 Å². The molecule has 33 heavy (non-hydrogen) atoms. The number of anilines is 1. The van der Waals surface area contributed by atoms with Crippen LogP contribution < -0.4 is 14.8 Å². The molecular weight excluding hydrogens is 458 g/mol. The zero-order valence-electron chi connectivity index (χ0n) is 18.9. The number of ether oxygens (including phenoxy) is 2. The van der Waals surface area contributed by atoms with E-state index in [-0.39, 0.29) is 17.8 Å². The molecule has 1 unspecified atom stereocenters. The van der Waals surface area contributed by atoms with Gasteiger partial charge in [-0.3, -0.25) is 4.79 Å². The number of fused-ring (bicyclic) bond motifs is 1. The van der Waals surface area contributed by atoms with Crippen molar-refractivity contribution in [1.82, 2.24) is 19.7 Å². The van der Waals surface area contributed by atoms with Crippen LogP contribution in [0.5, 0.6) is 11.5 Å². The van der Waals surface area contributed by atoms with Crippen LogP contribution in [-0.2, 0) is 11.3 Å². The van der Waals surface area contributed by atoms with Gasteiger partial charge in [-0.05, 0) is 44.5 Å². The van der Waals surface area contributed by atoms with Crippen molar-refractivity contribution in [2.75, 3.05) is 18.2 Å². The smallest absolute Gasteiger partial charge is 0.236 e. The predicted octanol–water partition coefficient (Wildman–Crippen LogP) is 5.10. The largest absolute Gasteiger partial charge is 0.497 e. The van der Waals surface area contributed by atoms with E-state index in [1.807, 2.05) is 67.8 Å². The van der Waals surface area contributed by atoms with Crippen LogP contribution in [0.1, 0.15) is 31.3 Å². The molecule has 2 aromatic heterocycles. The third kappa shape index (κ3) is 5.28. The number of rotatable bonds is 9. The summed E-state index contributed by atoms with van der Waals surface area (Å²) < 4.78 is 14.3. The van der Waals surface area contributed by atoms with Crippen LogP contribution in [0, 0.1) is 6.92 Å². The number of benzene rings is 2. The molecule has 0 fully saturated rings. The monoisotopic (exact) mass is 483 g/mol. The molecule has 0 aliphatic heterocycles. The minimum absolute atomic E-state index is 0.135. The summed E-state index contributed by atoms with van der Waals surface area (Å²) in [5.74, 6) is 2.18. The highest BCUT2D eigenvalue weighted by atomic mass is 32.2. The molecule has 0 saturated carbocycles. The Labute approximate surface area is 200 Å². The van der Waals surface area contributed by atoms with Crippen molar-refractivity contribution in [3.05, 3.63) is 53.9 Å². The first kappa shape index (κ1) is 23.1. The highest BCUT2D eigenvalue weighted by molar-refractivity contribution is 7.99. The van der Waals surface area contributed by atoms with Gasteiger partial charge in [-0.2, -0.15) is 0 Å². The lowest BCUT2D eigenvalue weighted by molar-refractivity contribution is -0.113. The third-order valence-electron chi connectivity index (χ3n) is 4.98. The Balaban J connectivity index is 1.39. The zero-order valence-corrected chi connectivity index (χ0v) is 20.5. The molecule has 1 amide bonds. The summed E-state index contributed by atoms with van der Waals surface area (Å²) in [6, 6.07) is 13.4. The molecule has 0 aliphatic rings. The maximum absolute atomic E-state index is 12.5. The normalized spacial score (nSPS) is 12.0. The SMILES string of the molecule is CCn1c(SCC(=O)Nc2nc3c(C)cccc3s2)nnc1C(C)Oc1cccc(OC)c1. The number of para-hydroxylation sites is 1.